The Kier molecular flexibility index (Phi) is 5.03. The van der Waals surface area contributed by atoms with E-state index in [4.69, 9.17) is 9.84 Å². The fourth-order valence-corrected chi connectivity index (χ4v) is 2.31. The lowest BCUT2D eigenvalue weighted by Crippen LogP contribution is -2.44. The summed E-state index contributed by atoms with van der Waals surface area (Å²) in [6.07, 6.45) is -0.0412. The van der Waals surface area contributed by atoms with Crippen LogP contribution >= 0.6 is 0 Å². The summed E-state index contributed by atoms with van der Waals surface area (Å²) in [6.45, 7) is 3.99. The second kappa shape index (κ2) is 6.97. The van der Waals surface area contributed by atoms with Crippen LogP contribution in [0.2, 0.25) is 0 Å². The number of carboxylic acid groups (broad SMARTS) is 1. The van der Waals surface area contributed by atoms with Gasteiger partial charge in [-0.3, -0.25) is 4.79 Å². The third-order valence-electron chi connectivity index (χ3n) is 3.47. The molecule has 1 aromatic carbocycles. The van der Waals surface area contributed by atoms with E-state index in [0.29, 0.717) is 26.2 Å². The fourth-order valence-electron chi connectivity index (χ4n) is 2.31. The van der Waals surface area contributed by atoms with Gasteiger partial charge in [-0.05, 0) is 13.0 Å². The smallest absolute Gasteiger partial charge is 0.320 e. The molecule has 0 saturated carbocycles. The van der Waals surface area contributed by atoms with Gasteiger partial charge in [0, 0.05) is 18.7 Å². The molecular weight excluding hydrogens is 272 g/mol. The summed E-state index contributed by atoms with van der Waals surface area (Å²) in [7, 11) is 0. The lowest BCUT2D eigenvalue weighted by atomic mass is 10.2. The Morgan fingerprint density at radius 2 is 2.14 bits per heavy atom. The Labute approximate surface area is 123 Å². The first-order chi connectivity index (χ1) is 10.1. The third kappa shape index (κ3) is 3.87. The van der Waals surface area contributed by atoms with E-state index in [-0.39, 0.29) is 19.0 Å². The van der Waals surface area contributed by atoms with Gasteiger partial charge in [0.15, 0.2) is 0 Å². The minimum atomic E-state index is -0.897. The second-order valence-corrected chi connectivity index (χ2v) is 4.88. The summed E-state index contributed by atoms with van der Waals surface area (Å²) < 4.78 is 5.63. The average molecular weight is 292 g/mol. The first kappa shape index (κ1) is 15.2. The van der Waals surface area contributed by atoms with Crippen molar-refractivity contribution in [1.82, 2.24) is 9.80 Å². The maximum absolute atomic E-state index is 12.5. The number of benzene rings is 1. The van der Waals surface area contributed by atoms with Crippen molar-refractivity contribution >= 4 is 12.0 Å². The van der Waals surface area contributed by atoms with E-state index < -0.39 is 5.97 Å². The Balaban J connectivity index is 2.06. The van der Waals surface area contributed by atoms with E-state index >= 15 is 0 Å². The van der Waals surface area contributed by atoms with Crippen molar-refractivity contribution in [3.8, 4) is 5.75 Å². The highest BCUT2D eigenvalue weighted by Crippen LogP contribution is 2.23. The number of urea groups is 1. The van der Waals surface area contributed by atoms with Gasteiger partial charge in [0.25, 0.3) is 0 Å². The summed E-state index contributed by atoms with van der Waals surface area (Å²) in [5, 5.41) is 8.75. The SMILES string of the molecule is CCN(CCC(=O)O)C(=O)N1CCOc2ccccc2C1. The number of rotatable bonds is 4. The molecule has 1 aromatic rings. The molecule has 6 heteroatoms. The van der Waals surface area contributed by atoms with Crippen LogP contribution in [0.3, 0.4) is 0 Å². The molecule has 1 aliphatic heterocycles. The Morgan fingerprint density at radius 3 is 2.86 bits per heavy atom. The molecule has 0 fully saturated rings. The van der Waals surface area contributed by atoms with E-state index in [1.54, 1.807) is 9.80 Å². The van der Waals surface area contributed by atoms with Crippen LogP contribution < -0.4 is 4.74 Å². The minimum Gasteiger partial charge on any atom is -0.491 e. The normalized spacial score (nSPS) is 13.9. The highest BCUT2D eigenvalue weighted by Gasteiger charge is 2.23. The molecule has 0 aliphatic carbocycles. The van der Waals surface area contributed by atoms with E-state index in [1.165, 1.54) is 0 Å². The maximum atomic E-state index is 12.5. The number of carboxylic acids is 1. The molecule has 1 N–H and O–H groups in total. The zero-order valence-electron chi connectivity index (χ0n) is 12.1. The predicted molar refractivity (Wildman–Crippen MR) is 77.2 cm³/mol. The largest absolute Gasteiger partial charge is 0.491 e. The van der Waals surface area contributed by atoms with Crippen LogP contribution in [-0.2, 0) is 11.3 Å². The number of para-hydroxylation sites is 1. The number of hydrogen-bond acceptors (Lipinski definition) is 3. The molecular formula is C15H20N2O4. The number of aliphatic carboxylic acids is 1. The standard InChI is InChI=1S/C15H20N2O4/c1-2-16(8-7-14(18)19)15(20)17-9-10-21-13-6-4-3-5-12(13)11-17/h3-6H,2,7-11H2,1H3,(H,18,19). The van der Waals surface area contributed by atoms with Crippen LogP contribution in [0, 0.1) is 0 Å². The van der Waals surface area contributed by atoms with Crippen LogP contribution in [0.4, 0.5) is 4.79 Å². The highest BCUT2D eigenvalue weighted by atomic mass is 16.5. The average Bonchev–Trinajstić information content (AvgIpc) is 2.69. The third-order valence-corrected chi connectivity index (χ3v) is 3.47. The summed E-state index contributed by atoms with van der Waals surface area (Å²) >= 11 is 0. The number of amides is 2. The predicted octanol–water partition coefficient (Wildman–Crippen LogP) is 1.80. The van der Waals surface area contributed by atoms with Crippen molar-refractivity contribution in [2.45, 2.75) is 19.9 Å². The molecule has 0 bridgehead atoms. The molecule has 2 rings (SSSR count). The van der Waals surface area contributed by atoms with E-state index in [0.717, 1.165) is 11.3 Å². The van der Waals surface area contributed by atoms with Gasteiger partial charge in [0.05, 0.1) is 19.5 Å². The first-order valence-corrected chi connectivity index (χ1v) is 7.08. The van der Waals surface area contributed by atoms with E-state index in [1.807, 2.05) is 31.2 Å². The van der Waals surface area contributed by atoms with Gasteiger partial charge in [-0.1, -0.05) is 18.2 Å². The van der Waals surface area contributed by atoms with Crippen LogP contribution in [0.25, 0.3) is 0 Å². The maximum Gasteiger partial charge on any atom is 0.320 e. The number of fused-ring (bicyclic) bond motifs is 1. The number of nitrogens with zero attached hydrogens (tertiary/aromatic N) is 2. The van der Waals surface area contributed by atoms with Crippen molar-refractivity contribution < 1.29 is 19.4 Å². The van der Waals surface area contributed by atoms with Gasteiger partial charge in [-0.25, -0.2) is 4.79 Å². The molecule has 1 aliphatic rings. The van der Waals surface area contributed by atoms with Crippen LogP contribution in [0.1, 0.15) is 18.9 Å². The number of carbonyl (C=O) groups excluding carboxylic acids is 1. The van der Waals surface area contributed by atoms with Crippen LogP contribution in [0.5, 0.6) is 5.75 Å². The quantitative estimate of drug-likeness (QED) is 0.918. The fraction of sp³-hybridized carbons (Fsp3) is 0.467. The Morgan fingerprint density at radius 1 is 1.38 bits per heavy atom. The van der Waals surface area contributed by atoms with Gasteiger partial charge < -0.3 is 19.6 Å². The highest BCUT2D eigenvalue weighted by molar-refractivity contribution is 5.75. The lowest BCUT2D eigenvalue weighted by molar-refractivity contribution is -0.137. The van der Waals surface area contributed by atoms with E-state index in [9.17, 15) is 9.59 Å². The van der Waals surface area contributed by atoms with Gasteiger partial charge in [-0.2, -0.15) is 0 Å². The Hall–Kier alpha value is -2.24. The number of hydrogen-bond donors (Lipinski definition) is 1. The molecule has 0 radical (unpaired) electrons. The summed E-state index contributed by atoms with van der Waals surface area (Å²) in [4.78, 5) is 26.4. The molecule has 2 amide bonds. The lowest BCUT2D eigenvalue weighted by Gasteiger charge is -2.28. The van der Waals surface area contributed by atoms with Crippen molar-refractivity contribution in [2.75, 3.05) is 26.2 Å². The molecule has 6 nitrogen and oxygen atoms in total. The molecule has 1 heterocycles. The molecule has 0 spiro atoms. The molecule has 0 atom stereocenters. The summed E-state index contributed by atoms with van der Waals surface area (Å²) in [5.74, 6) is -0.0906. The molecule has 21 heavy (non-hydrogen) atoms. The monoisotopic (exact) mass is 292 g/mol. The second-order valence-electron chi connectivity index (χ2n) is 4.88. The van der Waals surface area contributed by atoms with Crippen molar-refractivity contribution in [3.05, 3.63) is 29.8 Å². The van der Waals surface area contributed by atoms with Crippen molar-refractivity contribution in [1.29, 1.82) is 0 Å². The minimum absolute atomic E-state index is 0.0412. The molecule has 0 unspecified atom stereocenters. The number of carbonyl (C=O) groups is 2. The van der Waals surface area contributed by atoms with E-state index in [2.05, 4.69) is 0 Å². The summed E-state index contributed by atoms with van der Waals surface area (Å²) in [6, 6.07) is 7.51. The Bertz CT molecular complexity index is 518. The zero-order chi connectivity index (χ0) is 15.2. The van der Waals surface area contributed by atoms with Crippen LogP contribution in [0.15, 0.2) is 24.3 Å². The van der Waals surface area contributed by atoms with Gasteiger partial charge in [0.1, 0.15) is 12.4 Å². The molecule has 0 aromatic heterocycles. The van der Waals surface area contributed by atoms with Crippen molar-refractivity contribution in [3.63, 3.8) is 0 Å². The first-order valence-electron chi connectivity index (χ1n) is 7.08. The number of ether oxygens (including phenoxy) is 1. The van der Waals surface area contributed by atoms with Gasteiger partial charge in [-0.15, -0.1) is 0 Å². The zero-order valence-corrected chi connectivity index (χ0v) is 12.1. The molecule has 114 valence electrons. The molecule has 0 saturated heterocycles. The topological polar surface area (TPSA) is 70.1 Å². The summed E-state index contributed by atoms with van der Waals surface area (Å²) in [5.41, 5.74) is 0.970. The van der Waals surface area contributed by atoms with Gasteiger partial charge in [0.2, 0.25) is 0 Å². The van der Waals surface area contributed by atoms with Crippen molar-refractivity contribution in [2.24, 2.45) is 0 Å². The van der Waals surface area contributed by atoms with Crippen LogP contribution in [-0.4, -0.2) is 53.1 Å². The van der Waals surface area contributed by atoms with Gasteiger partial charge >= 0.3 is 12.0 Å².